The lowest BCUT2D eigenvalue weighted by Crippen LogP contribution is -2.23. The summed E-state index contributed by atoms with van der Waals surface area (Å²) < 4.78 is 5.54. The molecule has 2 rings (SSSR count). The summed E-state index contributed by atoms with van der Waals surface area (Å²) in [7, 11) is 0. The van der Waals surface area contributed by atoms with Crippen molar-refractivity contribution in [3.8, 4) is 5.75 Å². The third-order valence-electron chi connectivity index (χ3n) is 2.24. The van der Waals surface area contributed by atoms with Gasteiger partial charge in [0.05, 0.1) is 0 Å². The molecular formula is C13H13NO. The van der Waals surface area contributed by atoms with E-state index >= 15 is 0 Å². The molecule has 0 heterocycles. The molecule has 1 unspecified atom stereocenters. The first kappa shape index (κ1) is 9.74. The number of fused-ring (bicyclic) bond motifs is 1. The molecule has 0 aliphatic heterocycles. The van der Waals surface area contributed by atoms with E-state index in [1.165, 1.54) is 0 Å². The molecule has 0 saturated heterocycles. The molecule has 0 bridgehead atoms. The first-order valence-electron chi connectivity index (χ1n) is 4.84. The van der Waals surface area contributed by atoms with Crippen molar-refractivity contribution in [1.29, 1.82) is 0 Å². The molecule has 0 aromatic heterocycles. The van der Waals surface area contributed by atoms with E-state index < -0.39 is 6.23 Å². The van der Waals surface area contributed by atoms with Crippen molar-refractivity contribution in [2.75, 3.05) is 0 Å². The monoisotopic (exact) mass is 199 g/mol. The Balaban J connectivity index is 2.46. The van der Waals surface area contributed by atoms with Gasteiger partial charge in [-0.3, -0.25) is 5.73 Å². The highest BCUT2D eigenvalue weighted by Gasteiger charge is 2.03. The molecule has 0 saturated carbocycles. The van der Waals surface area contributed by atoms with Gasteiger partial charge in [-0.05, 0) is 17.5 Å². The van der Waals surface area contributed by atoms with Crippen LogP contribution in [0.3, 0.4) is 0 Å². The van der Waals surface area contributed by atoms with Crippen molar-refractivity contribution in [2.45, 2.75) is 6.23 Å². The van der Waals surface area contributed by atoms with Crippen LogP contribution in [0.25, 0.3) is 10.8 Å². The van der Waals surface area contributed by atoms with Gasteiger partial charge in [0.15, 0.2) is 6.23 Å². The van der Waals surface area contributed by atoms with Crippen LogP contribution < -0.4 is 10.5 Å². The summed E-state index contributed by atoms with van der Waals surface area (Å²) in [5.41, 5.74) is 5.66. The van der Waals surface area contributed by atoms with Crippen LogP contribution in [0.1, 0.15) is 0 Å². The molecule has 15 heavy (non-hydrogen) atoms. The molecule has 0 radical (unpaired) electrons. The van der Waals surface area contributed by atoms with Crippen LogP contribution in [0.4, 0.5) is 0 Å². The van der Waals surface area contributed by atoms with E-state index in [2.05, 4.69) is 6.58 Å². The molecule has 1 atom stereocenters. The molecular weight excluding hydrogens is 186 g/mol. The van der Waals surface area contributed by atoms with Crippen molar-refractivity contribution in [3.05, 3.63) is 55.1 Å². The highest BCUT2D eigenvalue weighted by Crippen LogP contribution is 2.25. The fourth-order valence-electron chi connectivity index (χ4n) is 1.49. The summed E-state index contributed by atoms with van der Waals surface area (Å²) in [6, 6.07) is 13.9. The lowest BCUT2D eigenvalue weighted by molar-refractivity contribution is 0.261. The highest BCUT2D eigenvalue weighted by molar-refractivity contribution is 5.88. The Morgan fingerprint density at radius 2 is 1.87 bits per heavy atom. The number of nitrogens with two attached hydrogens (primary N) is 1. The lowest BCUT2D eigenvalue weighted by Gasteiger charge is -2.12. The van der Waals surface area contributed by atoms with Gasteiger partial charge in [0.25, 0.3) is 0 Å². The van der Waals surface area contributed by atoms with Gasteiger partial charge in [-0.2, -0.15) is 0 Å². The van der Waals surface area contributed by atoms with Crippen molar-refractivity contribution >= 4 is 10.8 Å². The maximum absolute atomic E-state index is 5.66. The summed E-state index contributed by atoms with van der Waals surface area (Å²) in [6.07, 6.45) is 1.11. The zero-order valence-electron chi connectivity index (χ0n) is 8.39. The molecule has 0 aliphatic rings. The molecule has 2 N–H and O–H groups in total. The Morgan fingerprint density at radius 3 is 2.67 bits per heavy atom. The molecule has 0 fully saturated rings. The average molecular weight is 199 g/mol. The fourth-order valence-corrected chi connectivity index (χ4v) is 1.49. The second-order valence-electron chi connectivity index (χ2n) is 3.30. The van der Waals surface area contributed by atoms with Crippen LogP contribution in [-0.2, 0) is 0 Å². The average Bonchev–Trinajstić information content (AvgIpc) is 2.29. The minimum absolute atomic E-state index is 0.462. The SMILES string of the molecule is C=CC(N)Oc1cccc2ccccc12. The van der Waals surface area contributed by atoms with Crippen LogP contribution in [0.15, 0.2) is 55.1 Å². The minimum Gasteiger partial charge on any atom is -0.471 e. The van der Waals surface area contributed by atoms with E-state index in [4.69, 9.17) is 10.5 Å². The number of hydrogen-bond donors (Lipinski definition) is 1. The van der Waals surface area contributed by atoms with E-state index in [0.717, 1.165) is 16.5 Å². The zero-order valence-corrected chi connectivity index (χ0v) is 8.39. The number of ether oxygens (including phenoxy) is 1. The van der Waals surface area contributed by atoms with Gasteiger partial charge in [0.1, 0.15) is 5.75 Å². The number of benzene rings is 2. The Bertz CT molecular complexity index is 473. The Labute approximate surface area is 89.0 Å². The second kappa shape index (κ2) is 4.15. The van der Waals surface area contributed by atoms with Gasteiger partial charge in [-0.1, -0.05) is 43.0 Å². The minimum atomic E-state index is -0.462. The summed E-state index contributed by atoms with van der Waals surface area (Å²) >= 11 is 0. The van der Waals surface area contributed by atoms with E-state index in [-0.39, 0.29) is 0 Å². The Morgan fingerprint density at radius 1 is 1.13 bits per heavy atom. The van der Waals surface area contributed by atoms with Crippen molar-refractivity contribution < 1.29 is 4.74 Å². The standard InChI is InChI=1S/C13H13NO/c1-2-13(14)15-12-9-5-7-10-6-3-4-8-11(10)12/h2-9,13H,1,14H2. The summed E-state index contributed by atoms with van der Waals surface area (Å²) in [5, 5.41) is 2.21. The van der Waals surface area contributed by atoms with Crippen LogP contribution in [0, 0.1) is 0 Å². The smallest absolute Gasteiger partial charge is 0.166 e. The predicted octanol–water partition coefficient (Wildman–Crippen LogP) is 2.69. The topological polar surface area (TPSA) is 35.2 Å². The quantitative estimate of drug-likeness (QED) is 0.609. The molecule has 2 aromatic carbocycles. The zero-order chi connectivity index (χ0) is 10.7. The highest BCUT2D eigenvalue weighted by atomic mass is 16.5. The van der Waals surface area contributed by atoms with Crippen LogP contribution in [0.2, 0.25) is 0 Å². The summed E-state index contributed by atoms with van der Waals surface area (Å²) in [6.45, 7) is 3.59. The van der Waals surface area contributed by atoms with E-state index in [0.29, 0.717) is 0 Å². The Hall–Kier alpha value is -1.80. The molecule has 2 aromatic rings. The molecule has 76 valence electrons. The van der Waals surface area contributed by atoms with Crippen LogP contribution in [-0.4, -0.2) is 6.23 Å². The molecule has 0 amide bonds. The van der Waals surface area contributed by atoms with Crippen molar-refractivity contribution in [2.24, 2.45) is 5.73 Å². The number of rotatable bonds is 3. The largest absolute Gasteiger partial charge is 0.471 e. The molecule has 0 spiro atoms. The Kier molecular flexibility index (Phi) is 2.70. The van der Waals surface area contributed by atoms with Crippen molar-refractivity contribution in [3.63, 3.8) is 0 Å². The molecule has 0 aliphatic carbocycles. The van der Waals surface area contributed by atoms with E-state index in [1.807, 2.05) is 42.5 Å². The van der Waals surface area contributed by atoms with Gasteiger partial charge < -0.3 is 4.74 Å². The predicted molar refractivity (Wildman–Crippen MR) is 62.7 cm³/mol. The molecule has 2 heteroatoms. The van der Waals surface area contributed by atoms with Gasteiger partial charge in [0.2, 0.25) is 0 Å². The van der Waals surface area contributed by atoms with E-state index in [1.54, 1.807) is 6.08 Å². The van der Waals surface area contributed by atoms with E-state index in [9.17, 15) is 0 Å². The van der Waals surface area contributed by atoms with Gasteiger partial charge in [-0.15, -0.1) is 0 Å². The second-order valence-corrected chi connectivity index (χ2v) is 3.30. The number of hydrogen-bond acceptors (Lipinski definition) is 2. The first-order chi connectivity index (χ1) is 7.31. The molecule has 2 nitrogen and oxygen atoms in total. The maximum atomic E-state index is 5.66. The van der Waals surface area contributed by atoms with Gasteiger partial charge >= 0.3 is 0 Å². The third-order valence-corrected chi connectivity index (χ3v) is 2.24. The van der Waals surface area contributed by atoms with Crippen LogP contribution in [0.5, 0.6) is 5.75 Å². The lowest BCUT2D eigenvalue weighted by atomic mass is 10.1. The summed E-state index contributed by atoms with van der Waals surface area (Å²) in [5.74, 6) is 0.792. The first-order valence-corrected chi connectivity index (χ1v) is 4.84. The van der Waals surface area contributed by atoms with Crippen molar-refractivity contribution in [1.82, 2.24) is 0 Å². The maximum Gasteiger partial charge on any atom is 0.166 e. The third kappa shape index (κ3) is 2.00. The van der Waals surface area contributed by atoms with Gasteiger partial charge in [0, 0.05) is 5.39 Å². The van der Waals surface area contributed by atoms with Gasteiger partial charge in [-0.25, -0.2) is 0 Å². The fraction of sp³-hybridized carbons (Fsp3) is 0.0769. The summed E-state index contributed by atoms with van der Waals surface area (Å²) in [4.78, 5) is 0. The van der Waals surface area contributed by atoms with Crippen LogP contribution >= 0.6 is 0 Å². The normalized spacial score (nSPS) is 12.3.